The number of halogens is 1. The van der Waals surface area contributed by atoms with Gasteiger partial charge in [-0.25, -0.2) is 0 Å². The van der Waals surface area contributed by atoms with Crippen LogP contribution in [0.2, 0.25) is 0 Å². The molecule has 0 unspecified atom stereocenters. The van der Waals surface area contributed by atoms with Gasteiger partial charge in [0, 0.05) is 30.4 Å². The summed E-state index contributed by atoms with van der Waals surface area (Å²) in [5.74, 6) is 1.90. The Labute approximate surface area is 164 Å². The van der Waals surface area contributed by atoms with Gasteiger partial charge in [-0.2, -0.15) is 5.10 Å². The van der Waals surface area contributed by atoms with Crippen LogP contribution in [0.5, 0.6) is 11.5 Å². The van der Waals surface area contributed by atoms with E-state index in [4.69, 9.17) is 15.2 Å². The number of nitrogens with two attached hydrogens (primary N) is 1. The lowest BCUT2D eigenvalue weighted by molar-refractivity contribution is 0.297. The summed E-state index contributed by atoms with van der Waals surface area (Å²) in [5, 5.41) is 10.0. The largest absolute Gasteiger partial charge is 0.490 e. The minimum Gasteiger partial charge on any atom is -0.490 e. The summed E-state index contributed by atoms with van der Waals surface area (Å²) in [4.78, 5) is 4.36. The molecule has 8 heteroatoms. The van der Waals surface area contributed by atoms with Crippen molar-refractivity contribution in [3.8, 4) is 11.5 Å². The summed E-state index contributed by atoms with van der Waals surface area (Å²) in [7, 11) is 0. The Balaban J connectivity index is 0.00000225. The highest BCUT2D eigenvalue weighted by molar-refractivity contribution is 14.0. The topological polar surface area (TPSA) is 97.6 Å². The Morgan fingerprint density at radius 2 is 2.12 bits per heavy atom. The first kappa shape index (κ1) is 19.4. The van der Waals surface area contributed by atoms with Gasteiger partial charge in [-0.1, -0.05) is 0 Å². The van der Waals surface area contributed by atoms with E-state index in [1.807, 2.05) is 31.3 Å². The third-order valence-corrected chi connectivity index (χ3v) is 3.84. The monoisotopic (exact) mass is 457 g/mol. The van der Waals surface area contributed by atoms with Crippen LogP contribution in [0.15, 0.2) is 29.4 Å². The second-order valence-electron chi connectivity index (χ2n) is 5.73. The Kier molecular flexibility index (Phi) is 7.35. The quantitative estimate of drug-likeness (QED) is 0.278. The average Bonchev–Trinajstić information content (AvgIpc) is 2.83. The van der Waals surface area contributed by atoms with E-state index in [1.54, 1.807) is 0 Å². The molecule has 3 rings (SSSR count). The number of H-pyrrole nitrogens is 1. The number of aromatic nitrogens is 2. The first-order chi connectivity index (χ1) is 11.7. The van der Waals surface area contributed by atoms with E-state index in [0.717, 1.165) is 42.1 Å². The number of aliphatic imine (C=N–C) groups is 1. The van der Waals surface area contributed by atoms with Crippen LogP contribution in [0.4, 0.5) is 5.69 Å². The molecule has 0 bridgehead atoms. The van der Waals surface area contributed by atoms with E-state index in [9.17, 15) is 0 Å². The molecule has 1 aliphatic heterocycles. The van der Waals surface area contributed by atoms with E-state index < -0.39 is 0 Å². The minimum atomic E-state index is 0. The number of rotatable bonds is 5. The van der Waals surface area contributed by atoms with Gasteiger partial charge < -0.3 is 20.5 Å². The Morgan fingerprint density at radius 1 is 1.32 bits per heavy atom. The third kappa shape index (κ3) is 5.52. The fraction of sp³-hybridized carbons (Fsp3) is 0.412. The lowest BCUT2D eigenvalue weighted by Crippen LogP contribution is -2.22. The van der Waals surface area contributed by atoms with E-state index in [2.05, 4.69) is 20.5 Å². The zero-order valence-electron chi connectivity index (χ0n) is 14.2. The van der Waals surface area contributed by atoms with Crippen molar-refractivity contribution in [3.05, 3.63) is 35.7 Å². The van der Waals surface area contributed by atoms with Gasteiger partial charge in [0.05, 0.1) is 19.4 Å². The SMILES string of the molecule is Cc1[nH]ncc1CCCN=C(N)Nc1ccc2c(c1)OCCCO2.I. The van der Waals surface area contributed by atoms with Gasteiger partial charge in [0.1, 0.15) is 0 Å². The van der Waals surface area contributed by atoms with Gasteiger partial charge in [-0.05, 0) is 37.5 Å². The highest BCUT2D eigenvalue weighted by atomic mass is 127. The molecule has 136 valence electrons. The van der Waals surface area contributed by atoms with Crippen molar-refractivity contribution in [2.45, 2.75) is 26.2 Å². The molecule has 2 aromatic rings. The molecule has 0 fully saturated rings. The molecule has 0 radical (unpaired) electrons. The summed E-state index contributed by atoms with van der Waals surface area (Å²) in [6.07, 6.45) is 4.60. The number of ether oxygens (including phenoxy) is 2. The summed E-state index contributed by atoms with van der Waals surface area (Å²) >= 11 is 0. The zero-order valence-corrected chi connectivity index (χ0v) is 16.6. The summed E-state index contributed by atoms with van der Waals surface area (Å²) in [6, 6.07) is 5.68. The van der Waals surface area contributed by atoms with Crippen molar-refractivity contribution in [1.82, 2.24) is 10.2 Å². The minimum absolute atomic E-state index is 0. The summed E-state index contributed by atoms with van der Waals surface area (Å²) in [6.45, 7) is 4.02. The number of hydrogen-bond acceptors (Lipinski definition) is 4. The standard InChI is InChI=1S/C17H23N5O2.HI/c1-12-13(11-20-22-12)4-2-7-19-17(18)21-14-5-6-15-16(10-14)24-9-3-8-23-15;/h5-6,10-11H,2-4,7-9H2,1H3,(H,20,22)(H3,18,19,21);1H. The number of guanidine groups is 1. The Hall–Kier alpha value is -1.97. The average molecular weight is 457 g/mol. The second kappa shape index (κ2) is 9.50. The fourth-order valence-corrected chi connectivity index (χ4v) is 2.53. The van der Waals surface area contributed by atoms with Gasteiger partial charge in [0.15, 0.2) is 17.5 Å². The maximum Gasteiger partial charge on any atom is 0.193 e. The van der Waals surface area contributed by atoms with Gasteiger partial charge in [-0.15, -0.1) is 24.0 Å². The van der Waals surface area contributed by atoms with Crippen molar-refractivity contribution in [1.29, 1.82) is 0 Å². The number of nitrogens with one attached hydrogen (secondary N) is 2. The van der Waals surface area contributed by atoms with Crippen molar-refractivity contribution in [2.75, 3.05) is 25.1 Å². The fourth-order valence-electron chi connectivity index (χ4n) is 2.53. The molecule has 0 spiro atoms. The molecule has 1 aromatic carbocycles. The molecule has 1 aromatic heterocycles. The molecule has 0 atom stereocenters. The van der Waals surface area contributed by atoms with Crippen molar-refractivity contribution < 1.29 is 9.47 Å². The van der Waals surface area contributed by atoms with Gasteiger partial charge in [0.25, 0.3) is 0 Å². The molecule has 0 amide bonds. The van der Waals surface area contributed by atoms with Crippen molar-refractivity contribution >= 4 is 35.6 Å². The lowest BCUT2D eigenvalue weighted by Gasteiger charge is -2.10. The summed E-state index contributed by atoms with van der Waals surface area (Å²) in [5.41, 5.74) is 9.12. The van der Waals surface area contributed by atoms with Crippen LogP contribution in [-0.4, -0.2) is 35.9 Å². The molecule has 7 nitrogen and oxygen atoms in total. The zero-order chi connectivity index (χ0) is 16.8. The number of fused-ring (bicyclic) bond motifs is 1. The Morgan fingerprint density at radius 3 is 2.88 bits per heavy atom. The molecule has 4 N–H and O–H groups in total. The van der Waals surface area contributed by atoms with Crippen LogP contribution in [0.1, 0.15) is 24.1 Å². The summed E-state index contributed by atoms with van der Waals surface area (Å²) < 4.78 is 11.3. The molecule has 0 saturated carbocycles. The first-order valence-corrected chi connectivity index (χ1v) is 8.18. The van der Waals surface area contributed by atoms with Gasteiger partial charge >= 0.3 is 0 Å². The highest BCUT2D eigenvalue weighted by Crippen LogP contribution is 2.32. The molecule has 1 aliphatic rings. The number of anilines is 1. The van der Waals surface area contributed by atoms with Gasteiger partial charge in [0.2, 0.25) is 0 Å². The van der Waals surface area contributed by atoms with E-state index in [-0.39, 0.29) is 24.0 Å². The Bertz CT molecular complexity index is 717. The van der Waals surface area contributed by atoms with Crippen molar-refractivity contribution in [3.63, 3.8) is 0 Å². The number of benzene rings is 1. The highest BCUT2D eigenvalue weighted by Gasteiger charge is 2.10. The molecule has 2 heterocycles. The van der Waals surface area contributed by atoms with E-state index >= 15 is 0 Å². The molecular formula is C17H24IN5O2. The number of aromatic amines is 1. The van der Waals surface area contributed by atoms with Crippen molar-refractivity contribution in [2.24, 2.45) is 10.7 Å². The number of nitrogens with zero attached hydrogens (tertiary/aromatic N) is 2. The third-order valence-electron chi connectivity index (χ3n) is 3.84. The molecule has 0 saturated heterocycles. The maximum atomic E-state index is 5.95. The predicted octanol–water partition coefficient (Wildman–Crippen LogP) is 2.86. The van der Waals surface area contributed by atoms with Crippen LogP contribution in [0, 0.1) is 6.92 Å². The lowest BCUT2D eigenvalue weighted by atomic mass is 10.1. The normalized spacial score (nSPS) is 13.7. The van der Waals surface area contributed by atoms with Crippen LogP contribution in [0.3, 0.4) is 0 Å². The molecule has 0 aliphatic carbocycles. The second-order valence-corrected chi connectivity index (χ2v) is 5.73. The van der Waals surface area contributed by atoms with Crippen LogP contribution >= 0.6 is 24.0 Å². The number of aryl methyl sites for hydroxylation is 2. The molecule has 25 heavy (non-hydrogen) atoms. The van der Waals surface area contributed by atoms with Gasteiger partial charge in [-0.3, -0.25) is 10.1 Å². The predicted molar refractivity (Wildman–Crippen MR) is 109 cm³/mol. The number of hydrogen-bond donors (Lipinski definition) is 3. The maximum absolute atomic E-state index is 5.95. The molecular weight excluding hydrogens is 433 g/mol. The van der Waals surface area contributed by atoms with Crippen LogP contribution in [0.25, 0.3) is 0 Å². The smallest absolute Gasteiger partial charge is 0.193 e. The van der Waals surface area contributed by atoms with E-state index in [1.165, 1.54) is 5.56 Å². The first-order valence-electron chi connectivity index (χ1n) is 8.18. The van der Waals surface area contributed by atoms with Crippen LogP contribution < -0.4 is 20.5 Å². The van der Waals surface area contributed by atoms with Crippen LogP contribution in [-0.2, 0) is 6.42 Å². The van der Waals surface area contributed by atoms with E-state index in [0.29, 0.717) is 25.7 Å².